The van der Waals surface area contributed by atoms with E-state index in [0.29, 0.717) is 5.92 Å². The van der Waals surface area contributed by atoms with E-state index in [1.165, 1.54) is 19.3 Å². The molecule has 0 aliphatic carbocycles. The molecular formula is C13H28O8. The SMILES string of the molecule is CCCCCC(CC)C(C)(C)OO.O=C(O)O.O=C(O)O. The number of carbonyl (C=O) groups is 2. The van der Waals surface area contributed by atoms with Crippen LogP contribution in [0.2, 0.25) is 0 Å². The van der Waals surface area contributed by atoms with Crippen LogP contribution in [0.1, 0.15) is 59.8 Å². The van der Waals surface area contributed by atoms with Gasteiger partial charge in [0, 0.05) is 0 Å². The van der Waals surface area contributed by atoms with Gasteiger partial charge in [-0.15, -0.1) is 0 Å². The highest BCUT2D eigenvalue weighted by Gasteiger charge is 2.28. The highest BCUT2D eigenvalue weighted by Crippen LogP contribution is 2.28. The number of hydrogen-bond donors (Lipinski definition) is 5. The van der Waals surface area contributed by atoms with Crippen LogP contribution >= 0.6 is 0 Å². The van der Waals surface area contributed by atoms with E-state index in [4.69, 9.17) is 35.3 Å². The van der Waals surface area contributed by atoms with Crippen molar-refractivity contribution in [2.45, 2.75) is 65.4 Å². The molecule has 0 fully saturated rings. The van der Waals surface area contributed by atoms with Gasteiger partial charge in [0.05, 0.1) is 0 Å². The maximum absolute atomic E-state index is 8.75. The van der Waals surface area contributed by atoms with Crippen LogP contribution in [0.5, 0.6) is 0 Å². The largest absolute Gasteiger partial charge is 0.503 e. The van der Waals surface area contributed by atoms with Gasteiger partial charge in [-0.25, -0.2) is 14.5 Å². The van der Waals surface area contributed by atoms with Gasteiger partial charge in [0.2, 0.25) is 0 Å². The van der Waals surface area contributed by atoms with Crippen LogP contribution in [-0.4, -0.2) is 43.6 Å². The Kier molecular flexibility index (Phi) is 17.3. The molecule has 0 saturated carbocycles. The molecule has 0 saturated heterocycles. The molecule has 8 heteroatoms. The second-order valence-electron chi connectivity index (χ2n) is 4.86. The maximum Gasteiger partial charge on any atom is 0.503 e. The first kappa shape index (κ1) is 24.5. The van der Waals surface area contributed by atoms with Crippen molar-refractivity contribution in [2.75, 3.05) is 0 Å². The summed E-state index contributed by atoms with van der Waals surface area (Å²) in [5, 5.41) is 36.6. The second kappa shape index (κ2) is 14.9. The summed E-state index contributed by atoms with van der Waals surface area (Å²) < 4.78 is 0. The molecule has 0 spiro atoms. The smallest absolute Gasteiger partial charge is 0.450 e. The van der Waals surface area contributed by atoms with E-state index in [9.17, 15) is 0 Å². The van der Waals surface area contributed by atoms with Gasteiger partial charge in [-0.3, -0.25) is 5.26 Å². The van der Waals surface area contributed by atoms with Gasteiger partial charge in [-0.2, -0.15) is 0 Å². The fraction of sp³-hybridized carbons (Fsp3) is 0.846. The minimum Gasteiger partial charge on any atom is -0.450 e. The van der Waals surface area contributed by atoms with Crippen LogP contribution < -0.4 is 0 Å². The van der Waals surface area contributed by atoms with Crippen molar-refractivity contribution < 1.29 is 40.2 Å². The highest BCUT2D eigenvalue weighted by molar-refractivity contribution is 5.53. The van der Waals surface area contributed by atoms with Crippen molar-refractivity contribution in [3.63, 3.8) is 0 Å². The van der Waals surface area contributed by atoms with Gasteiger partial charge in [0.25, 0.3) is 0 Å². The predicted molar refractivity (Wildman–Crippen MR) is 77.0 cm³/mol. The summed E-state index contributed by atoms with van der Waals surface area (Å²) in [5.41, 5.74) is -0.386. The topological polar surface area (TPSA) is 145 Å². The molecule has 0 radical (unpaired) electrons. The van der Waals surface area contributed by atoms with Crippen molar-refractivity contribution in [3.8, 4) is 0 Å². The van der Waals surface area contributed by atoms with Crippen LogP contribution in [0.3, 0.4) is 0 Å². The summed E-state index contributed by atoms with van der Waals surface area (Å²) in [6, 6.07) is 0. The number of carboxylic acid groups (broad SMARTS) is 4. The van der Waals surface area contributed by atoms with Crippen LogP contribution in [0, 0.1) is 5.92 Å². The van der Waals surface area contributed by atoms with Gasteiger partial charge in [0.15, 0.2) is 0 Å². The lowest BCUT2D eigenvalue weighted by Gasteiger charge is -2.30. The minimum absolute atomic E-state index is 0.386. The lowest BCUT2D eigenvalue weighted by molar-refractivity contribution is -0.327. The fourth-order valence-corrected chi connectivity index (χ4v) is 1.76. The molecule has 0 aliphatic heterocycles. The summed E-state index contributed by atoms with van der Waals surface area (Å²) in [6.07, 6.45) is 2.31. The monoisotopic (exact) mass is 312 g/mol. The summed E-state index contributed by atoms with van der Waals surface area (Å²) in [7, 11) is 0. The number of rotatable bonds is 7. The summed E-state index contributed by atoms with van der Waals surface area (Å²) >= 11 is 0. The van der Waals surface area contributed by atoms with E-state index in [0.717, 1.165) is 12.8 Å². The van der Waals surface area contributed by atoms with Crippen molar-refractivity contribution in [3.05, 3.63) is 0 Å². The molecule has 0 bridgehead atoms. The van der Waals surface area contributed by atoms with Crippen molar-refractivity contribution in [2.24, 2.45) is 5.92 Å². The van der Waals surface area contributed by atoms with Crippen molar-refractivity contribution in [1.82, 2.24) is 0 Å². The maximum atomic E-state index is 8.75. The third kappa shape index (κ3) is 23.9. The van der Waals surface area contributed by atoms with E-state index < -0.39 is 12.3 Å². The Labute approximate surface area is 124 Å². The molecule has 0 aromatic carbocycles. The van der Waals surface area contributed by atoms with Gasteiger partial charge >= 0.3 is 12.3 Å². The molecule has 8 nitrogen and oxygen atoms in total. The molecular weight excluding hydrogens is 284 g/mol. The van der Waals surface area contributed by atoms with Crippen LogP contribution in [0.4, 0.5) is 9.59 Å². The van der Waals surface area contributed by atoms with Crippen LogP contribution in [0.15, 0.2) is 0 Å². The molecule has 5 N–H and O–H groups in total. The molecule has 1 atom stereocenters. The molecule has 0 rings (SSSR count). The Bertz CT molecular complexity index is 245. The average molecular weight is 312 g/mol. The van der Waals surface area contributed by atoms with Gasteiger partial charge < -0.3 is 20.4 Å². The standard InChI is InChI=1S/C11H24O2.2CH2O3/c1-5-7-8-9-10(6-2)11(3,4)13-12;2*2-1(3)4/h10,12H,5-9H2,1-4H3;2*(H2,2,3,4). The second-order valence-corrected chi connectivity index (χ2v) is 4.86. The van der Waals surface area contributed by atoms with E-state index in [-0.39, 0.29) is 5.60 Å². The number of hydrogen-bond acceptors (Lipinski definition) is 4. The lowest BCUT2D eigenvalue weighted by Crippen LogP contribution is -2.33. The van der Waals surface area contributed by atoms with E-state index in [2.05, 4.69) is 18.7 Å². The zero-order valence-corrected chi connectivity index (χ0v) is 13.1. The lowest BCUT2D eigenvalue weighted by atomic mass is 9.84. The van der Waals surface area contributed by atoms with Gasteiger partial charge in [-0.05, 0) is 26.2 Å². The van der Waals surface area contributed by atoms with Crippen molar-refractivity contribution in [1.29, 1.82) is 0 Å². The minimum atomic E-state index is -1.83. The molecule has 0 aromatic heterocycles. The zero-order chi connectivity index (χ0) is 17.5. The first-order chi connectivity index (χ1) is 9.54. The van der Waals surface area contributed by atoms with Crippen molar-refractivity contribution >= 4 is 12.3 Å². The summed E-state index contributed by atoms with van der Waals surface area (Å²) in [5.74, 6) is 0.462. The molecule has 0 amide bonds. The summed E-state index contributed by atoms with van der Waals surface area (Å²) in [6.45, 7) is 8.26. The molecule has 21 heavy (non-hydrogen) atoms. The van der Waals surface area contributed by atoms with E-state index in [1.807, 2.05) is 13.8 Å². The molecule has 0 aromatic rings. The van der Waals surface area contributed by atoms with Crippen LogP contribution in [0.25, 0.3) is 0 Å². The summed E-state index contributed by atoms with van der Waals surface area (Å²) in [4.78, 5) is 21.6. The Morgan fingerprint density at radius 2 is 1.38 bits per heavy atom. The fourth-order valence-electron chi connectivity index (χ4n) is 1.76. The zero-order valence-electron chi connectivity index (χ0n) is 13.1. The van der Waals surface area contributed by atoms with Crippen LogP contribution in [-0.2, 0) is 4.89 Å². The number of unbranched alkanes of at least 4 members (excludes halogenated alkanes) is 2. The normalized spacial score (nSPS) is 11.3. The molecule has 0 heterocycles. The Hall–Kier alpha value is -1.54. The third-order valence-electron chi connectivity index (χ3n) is 2.87. The Morgan fingerprint density at radius 3 is 1.62 bits per heavy atom. The molecule has 0 aliphatic rings. The predicted octanol–water partition coefficient (Wildman–Crippen LogP) is 4.31. The van der Waals surface area contributed by atoms with E-state index in [1.54, 1.807) is 0 Å². The Morgan fingerprint density at radius 1 is 1.00 bits per heavy atom. The Balaban J connectivity index is -0.000000334. The van der Waals surface area contributed by atoms with Gasteiger partial charge in [0.1, 0.15) is 5.60 Å². The quantitative estimate of drug-likeness (QED) is 0.266. The average Bonchev–Trinajstić information content (AvgIpc) is 2.33. The molecule has 128 valence electrons. The molecule has 1 unspecified atom stereocenters. The highest BCUT2D eigenvalue weighted by atomic mass is 17.1. The first-order valence-electron chi connectivity index (χ1n) is 6.71. The first-order valence-corrected chi connectivity index (χ1v) is 6.71. The third-order valence-corrected chi connectivity index (χ3v) is 2.87. The van der Waals surface area contributed by atoms with E-state index >= 15 is 0 Å². The van der Waals surface area contributed by atoms with Gasteiger partial charge in [-0.1, -0.05) is 39.5 Å².